The predicted molar refractivity (Wildman–Crippen MR) is 159 cm³/mol. The second-order valence-electron chi connectivity index (χ2n) is 12.2. The van der Waals surface area contributed by atoms with Crippen LogP contribution in [-0.4, -0.2) is 74.6 Å². The number of aliphatic imine (C=N–C) groups is 1. The van der Waals surface area contributed by atoms with Gasteiger partial charge in [0, 0.05) is 39.7 Å². The quantitative estimate of drug-likeness (QED) is 0.176. The Labute approximate surface area is 241 Å². The summed E-state index contributed by atoms with van der Waals surface area (Å²) in [6.45, 7) is 15.1. The maximum Gasteiger partial charge on any atom is 0.416 e. The van der Waals surface area contributed by atoms with Gasteiger partial charge in [-0.3, -0.25) is 0 Å². The van der Waals surface area contributed by atoms with E-state index < -0.39 is 20.1 Å². The third kappa shape index (κ3) is 6.92. The van der Waals surface area contributed by atoms with Crippen molar-refractivity contribution in [1.82, 2.24) is 19.5 Å². The van der Waals surface area contributed by atoms with Gasteiger partial charge < -0.3 is 19.0 Å². The predicted octanol–water partition coefficient (Wildman–Crippen LogP) is 6.23. The Bertz CT molecular complexity index is 1410. The minimum absolute atomic E-state index is 0.0210. The molecule has 1 fully saturated rings. The van der Waals surface area contributed by atoms with Crippen LogP contribution in [0.1, 0.15) is 48.8 Å². The first-order chi connectivity index (χ1) is 19.1. The Hall–Kier alpha value is -2.96. The van der Waals surface area contributed by atoms with E-state index in [2.05, 4.69) is 38.8 Å². The number of hydrogen-bond donors (Lipinski definition) is 0. The fourth-order valence-electron chi connectivity index (χ4n) is 4.42. The molecule has 224 valence electrons. The number of fused-ring (bicyclic) bond motifs is 1. The molecule has 1 aliphatic heterocycles. The van der Waals surface area contributed by atoms with E-state index in [4.69, 9.17) is 24.2 Å². The van der Waals surface area contributed by atoms with Gasteiger partial charge in [-0.1, -0.05) is 32.9 Å². The first kappa shape index (κ1) is 31.0. The number of nitrogens with zero attached hydrogens (tertiary/aromatic N) is 6. The molecule has 1 aromatic carbocycles. The second-order valence-corrected chi connectivity index (χ2v) is 17.1. The molecule has 2 aromatic heterocycles. The van der Waals surface area contributed by atoms with Crippen molar-refractivity contribution in [3.05, 3.63) is 52.3 Å². The summed E-state index contributed by atoms with van der Waals surface area (Å²) in [6.07, 6.45) is -2.53. The summed E-state index contributed by atoms with van der Waals surface area (Å²) in [7, 11) is 1.62. The van der Waals surface area contributed by atoms with Gasteiger partial charge in [0.25, 0.3) is 0 Å². The number of ether oxygens (including phenoxy) is 1. The lowest BCUT2D eigenvalue weighted by atomic mass is 9.98. The summed E-state index contributed by atoms with van der Waals surface area (Å²) in [5, 5.41) is 4.95. The highest BCUT2D eigenvalue weighted by atomic mass is 28.4. The van der Waals surface area contributed by atoms with Gasteiger partial charge in [0.1, 0.15) is 5.69 Å². The number of morpholine rings is 1. The van der Waals surface area contributed by atoms with Crippen LogP contribution in [0.15, 0.2) is 29.3 Å². The summed E-state index contributed by atoms with van der Waals surface area (Å²) in [4.78, 5) is 13.6. The van der Waals surface area contributed by atoms with Crippen molar-refractivity contribution >= 4 is 31.8 Å². The number of hydrogen-bond acceptors (Lipinski definition) is 6. The van der Waals surface area contributed by atoms with Crippen LogP contribution >= 0.6 is 0 Å². The van der Waals surface area contributed by atoms with Crippen molar-refractivity contribution < 1.29 is 22.3 Å². The van der Waals surface area contributed by atoms with Gasteiger partial charge in [0.15, 0.2) is 19.8 Å². The maximum atomic E-state index is 13.8. The average Bonchev–Trinajstić information content (AvgIpc) is 3.23. The van der Waals surface area contributed by atoms with Gasteiger partial charge in [0.2, 0.25) is 0 Å². The van der Waals surface area contributed by atoms with Crippen LogP contribution in [0.5, 0.6) is 0 Å². The van der Waals surface area contributed by atoms with Crippen LogP contribution in [0.25, 0.3) is 5.65 Å². The molecule has 0 spiro atoms. The number of anilines is 1. The molecular weight excluding hydrogens is 549 g/mol. The normalized spacial score (nSPS) is 15.3. The van der Waals surface area contributed by atoms with E-state index in [-0.39, 0.29) is 23.6 Å². The molecule has 0 atom stereocenters. The molecule has 1 aliphatic rings. The lowest BCUT2D eigenvalue weighted by Gasteiger charge is -2.36. The summed E-state index contributed by atoms with van der Waals surface area (Å²) in [5.41, 5.74) is 2.62. The molecule has 41 heavy (non-hydrogen) atoms. The maximum absolute atomic E-state index is 13.8. The molecule has 0 N–H and O–H groups in total. The summed E-state index contributed by atoms with van der Waals surface area (Å²) < 4.78 is 55.2. The molecule has 0 bridgehead atoms. The van der Waals surface area contributed by atoms with E-state index in [1.54, 1.807) is 16.9 Å². The molecule has 3 heterocycles. The molecule has 0 aliphatic carbocycles. The van der Waals surface area contributed by atoms with Gasteiger partial charge in [-0.25, -0.2) is 14.5 Å². The number of rotatable bonds is 8. The Morgan fingerprint density at radius 3 is 2.44 bits per heavy atom. The van der Waals surface area contributed by atoms with Gasteiger partial charge in [-0.2, -0.15) is 13.2 Å². The van der Waals surface area contributed by atoms with Crippen molar-refractivity contribution in [2.75, 3.05) is 45.3 Å². The first-order valence-electron chi connectivity index (χ1n) is 13.8. The van der Waals surface area contributed by atoms with Crippen LogP contribution in [0.3, 0.4) is 0 Å². The minimum Gasteiger partial charge on any atom is -0.411 e. The SMILES string of the molecule is Cc1c(Cc2c(CO[Si](C)(C)C(C)(C)C)nc3c(N=CN(C)C)cc(N4CCOCC4)nn23)cccc1C(F)(F)F. The molecule has 1 saturated heterocycles. The number of halogens is 3. The molecule has 0 saturated carbocycles. The molecule has 8 nitrogen and oxygen atoms in total. The molecule has 0 amide bonds. The van der Waals surface area contributed by atoms with Crippen molar-refractivity contribution in [3.8, 4) is 0 Å². The second kappa shape index (κ2) is 11.7. The lowest BCUT2D eigenvalue weighted by Crippen LogP contribution is -2.40. The Morgan fingerprint density at radius 1 is 1.15 bits per heavy atom. The zero-order chi connectivity index (χ0) is 30.2. The van der Waals surface area contributed by atoms with E-state index in [0.29, 0.717) is 60.4 Å². The molecular formula is C29H41F3N6O2Si. The Kier molecular flexibility index (Phi) is 8.86. The number of aromatic nitrogens is 3. The van der Waals surface area contributed by atoms with E-state index >= 15 is 0 Å². The first-order valence-corrected chi connectivity index (χ1v) is 16.7. The van der Waals surface area contributed by atoms with Crippen LogP contribution in [-0.2, 0) is 28.4 Å². The topological polar surface area (TPSA) is 67.5 Å². The fraction of sp³-hybridized carbons (Fsp3) is 0.552. The van der Waals surface area contributed by atoms with E-state index in [1.165, 1.54) is 13.0 Å². The zero-order valence-electron chi connectivity index (χ0n) is 25.3. The molecule has 0 radical (unpaired) electrons. The van der Waals surface area contributed by atoms with Gasteiger partial charge >= 0.3 is 6.18 Å². The van der Waals surface area contributed by atoms with E-state index in [9.17, 15) is 13.2 Å². The monoisotopic (exact) mass is 590 g/mol. The van der Waals surface area contributed by atoms with E-state index in [0.717, 1.165) is 6.07 Å². The number of alkyl halides is 3. The van der Waals surface area contributed by atoms with Crippen LogP contribution in [0.4, 0.5) is 24.7 Å². The fourth-order valence-corrected chi connectivity index (χ4v) is 5.35. The standard InChI is InChI=1S/C29H41F3N6O2Si/c1-20-21(10-9-11-22(20)29(30,31)32)16-25-24(18-40-41(7,8)28(2,3)4)34-27-23(33-19-36(5)6)17-26(35-38(25)27)37-12-14-39-15-13-37/h9-11,17,19H,12-16,18H2,1-8H3. The van der Waals surface area contributed by atoms with Gasteiger partial charge in [-0.15, -0.1) is 5.10 Å². The number of benzene rings is 1. The van der Waals surface area contributed by atoms with Crippen molar-refractivity contribution in [1.29, 1.82) is 0 Å². The molecule has 3 aromatic rings. The van der Waals surface area contributed by atoms with Gasteiger partial charge in [-0.05, 0) is 42.2 Å². The highest BCUT2D eigenvalue weighted by Gasteiger charge is 2.38. The number of imidazole rings is 1. The van der Waals surface area contributed by atoms with Crippen LogP contribution in [0, 0.1) is 6.92 Å². The van der Waals surface area contributed by atoms with Crippen molar-refractivity contribution in [2.24, 2.45) is 4.99 Å². The average molecular weight is 591 g/mol. The third-order valence-corrected chi connectivity index (χ3v) is 12.5. The summed E-state index contributed by atoms with van der Waals surface area (Å²) in [5.74, 6) is 0.711. The van der Waals surface area contributed by atoms with Crippen LogP contribution in [0.2, 0.25) is 18.1 Å². The van der Waals surface area contributed by atoms with Crippen molar-refractivity contribution in [2.45, 2.75) is 65.0 Å². The minimum atomic E-state index is -4.44. The highest BCUT2D eigenvalue weighted by Crippen LogP contribution is 2.38. The van der Waals surface area contributed by atoms with Crippen LogP contribution < -0.4 is 4.90 Å². The summed E-state index contributed by atoms with van der Waals surface area (Å²) >= 11 is 0. The van der Waals surface area contributed by atoms with E-state index in [1.807, 2.05) is 25.1 Å². The largest absolute Gasteiger partial charge is 0.416 e. The van der Waals surface area contributed by atoms with Crippen molar-refractivity contribution in [3.63, 3.8) is 0 Å². The lowest BCUT2D eigenvalue weighted by molar-refractivity contribution is -0.138. The van der Waals surface area contributed by atoms with Gasteiger partial charge in [0.05, 0.1) is 43.1 Å². The smallest absolute Gasteiger partial charge is 0.411 e. The molecule has 12 heteroatoms. The highest BCUT2D eigenvalue weighted by molar-refractivity contribution is 6.74. The Balaban J connectivity index is 1.91. The summed E-state index contributed by atoms with van der Waals surface area (Å²) in [6, 6.07) is 6.22. The molecule has 4 rings (SSSR count). The molecule has 0 unspecified atom stereocenters. The Morgan fingerprint density at radius 2 is 1.83 bits per heavy atom. The zero-order valence-corrected chi connectivity index (χ0v) is 26.3. The third-order valence-electron chi connectivity index (χ3n) is 7.98.